The van der Waals surface area contributed by atoms with E-state index in [2.05, 4.69) is 10.6 Å². The Hall–Kier alpha value is -3.09. The number of carbonyl (C=O) groups excluding carboxylic acids is 2. The van der Waals surface area contributed by atoms with Crippen molar-refractivity contribution in [3.05, 3.63) is 65.5 Å². The Morgan fingerprint density at radius 1 is 1.03 bits per heavy atom. The Labute approximate surface area is 176 Å². The van der Waals surface area contributed by atoms with E-state index in [0.717, 1.165) is 11.1 Å². The third-order valence-corrected chi connectivity index (χ3v) is 4.23. The van der Waals surface area contributed by atoms with E-state index in [-0.39, 0.29) is 30.7 Å². The van der Waals surface area contributed by atoms with Gasteiger partial charge in [0.05, 0.1) is 13.2 Å². The molecule has 30 heavy (non-hydrogen) atoms. The van der Waals surface area contributed by atoms with Crippen LogP contribution in [0, 0.1) is 5.82 Å². The van der Waals surface area contributed by atoms with Crippen molar-refractivity contribution in [1.29, 1.82) is 0 Å². The van der Waals surface area contributed by atoms with E-state index in [1.165, 1.54) is 12.1 Å². The normalized spacial score (nSPS) is 12.0. The van der Waals surface area contributed by atoms with Gasteiger partial charge in [0.25, 0.3) is 0 Å². The van der Waals surface area contributed by atoms with Gasteiger partial charge in [0, 0.05) is 13.0 Å². The zero-order valence-electron chi connectivity index (χ0n) is 17.8. The number of hydrogen-bond donors (Lipinski definition) is 2. The lowest BCUT2D eigenvalue weighted by Gasteiger charge is -2.21. The summed E-state index contributed by atoms with van der Waals surface area (Å²) in [7, 11) is 1.59. The number of rotatable bonds is 8. The molecule has 2 aromatic carbocycles. The average molecular weight is 416 g/mol. The monoisotopic (exact) mass is 416 g/mol. The minimum atomic E-state index is -0.596. The first kappa shape index (κ1) is 23.2. The lowest BCUT2D eigenvalue weighted by Crippen LogP contribution is -2.36. The van der Waals surface area contributed by atoms with Crippen molar-refractivity contribution in [2.24, 2.45) is 0 Å². The second-order valence-corrected chi connectivity index (χ2v) is 7.90. The number of halogens is 1. The lowest BCUT2D eigenvalue weighted by atomic mass is 9.98. The first-order chi connectivity index (χ1) is 14.2. The van der Waals surface area contributed by atoms with E-state index in [0.29, 0.717) is 12.2 Å². The molecular formula is C23H29FN2O4. The van der Waals surface area contributed by atoms with Gasteiger partial charge >= 0.3 is 6.09 Å². The summed E-state index contributed by atoms with van der Waals surface area (Å²) in [6.07, 6.45) is 0.0426. The highest BCUT2D eigenvalue weighted by molar-refractivity contribution is 5.77. The highest BCUT2D eigenvalue weighted by Crippen LogP contribution is 2.22. The van der Waals surface area contributed by atoms with Gasteiger partial charge in [-0.25, -0.2) is 9.18 Å². The Kier molecular flexibility index (Phi) is 8.21. The van der Waals surface area contributed by atoms with Crippen molar-refractivity contribution in [2.75, 3.05) is 13.7 Å². The molecule has 0 aliphatic heterocycles. The first-order valence-electron chi connectivity index (χ1n) is 9.81. The molecule has 0 bridgehead atoms. The van der Waals surface area contributed by atoms with E-state index in [1.54, 1.807) is 40.0 Å². The van der Waals surface area contributed by atoms with Crippen LogP contribution in [0.3, 0.4) is 0 Å². The third-order valence-electron chi connectivity index (χ3n) is 4.23. The highest BCUT2D eigenvalue weighted by Gasteiger charge is 2.18. The fourth-order valence-electron chi connectivity index (χ4n) is 2.80. The SMILES string of the molecule is COc1ccc(C(Cc2ccc(F)cc2)NC(=O)CCNC(=O)OC(C)(C)C)cc1. The Morgan fingerprint density at radius 3 is 2.23 bits per heavy atom. The van der Waals surface area contributed by atoms with Gasteiger partial charge in [-0.2, -0.15) is 0 Å². The van der Waals surface area contributed by atoms with E-state index >= 15 is 0 Å². The van der Waals surface area contributed by atoms with Crippen LogP contribution in [0.4, 0.5) is 9.18 Å². The lowest BCUT2D eigenvalue weighted by molar-refractivity contribution is -0.121. The van der Waals surface area contributed by atoms with E-state index < -0.39 is 11.7 Å². The van der Waals surface area contributed by atoms with Gasteiger partial charge in [0.15, 0.2) is 0 Å². The maximum Gasteiger partial charge on any atom is 0.407 e. The minimum Gasteiger partial charge on any atom is -0.497 e. The molecule has 7 heteroatoms. The smallest absolute Gasteiger partial charge is 0.407 e. The second-order valence-electron chi connectivity index (χ2n) is 7.90. The van der Waals surface area contributed by atoms with Gasteiger partial charge < -0.3 is 20.1 Å². The first-order valence-corrected chi connectivity index (χ1v) is 9.81. The number of carbonyl (C=O) groups is 2. The molecule has 0 aromatic heterocycles. The zero-order chi connectivity index (χ0) is 22.1. The van der Waals surface area contributed by atoms with Crippen molar-refractivity contribution in [2.45, 2.75) is 45.3 Å². The van der Waals surface area contributed by atoms with Crippen LogP contribution >= 0.6 is 0 Å². The number of ether oxygens (including phenoxy) is 2. The van der Waals surface area contributed by atoms with Gasteiger partial charge in [0.1, 0.15) is 17.2 Å². The summed E-state index contributed by atoms with van der Waals surface area (Å²) in [6, 6.07) is 13.3. The van der Waals surface area contributed by atoms with E-state index in [4.69, 9.17) is 9.47 Å². The third kappa shape index (κ3) is 8.11. The number of benzene rings is 2. The number of hydrogen-bond acceptors (Lipinski definition) is 4. The van der Waals surface area contributed by atoms with Crippen LogP contribution in [-0.4, -0.2) is 31.3 Å². The summed E-state index contributed by atoms with van der Waals surface area (Å²) < 4.78 is 23.6. The molecule has 2 rings (SSSR count). The van der Waals surface area contributed by atoms with Crippen LogP contribution < -0.4 is 15.4 Å². The summed E-state index contributed by atoms with van der Waals surface area (Å²) in [5, 5.41) is 5.56. The van der Waals surface area contributed by atoms with Crippen molar-refractivity contribution >= 4 is 12.0 Å². The van der Waals surface area contributed by atoms with Crippen molar-refractivity contribution in [1.82, 2.24) is 10.6 Å². The Bertz CT molecular complexity index is 830. The molecule has 2 aromatic rings. The molecule has 0 saturated carbocycles. The molecule has 0 spiro atoms. The van der Waals surface area contributed by atoms with Crippen molar-refractivity contribution < 1.29 is 23.5 Å². The van der Waals surface area contributed by atoms with Crippen LogP contribution in [0.15, 0.2) is 48.5 Å². The van der Waals surface area contributed by atoms with Crippen LogP contribution in [0.25, 0.3) is 0 Å². The fourth-order valence-corrected chi connectivity index (χ4v) is 2.80. The quantitative estimate of drug-likeness (QED) is 0.678. The molecule has 0 aliphatic rings. The predicted molar refractivity (Wildman–Crippen MR) is 113 cm³/mol. The highest BCUT2D eigenvalue weighted by atomic mass is 19.1. The number of methoxy groups -OCH3 is 1. The van der Waals surface area contributed by atoms with Gasteiger partial charge in [-0.1, -0.05) is 24.3 Å². The average Bonchev–Trinajstić information content (AvgIpc) is 2.68. The predicted octanol–water partition coefficient (Wildman–Crippen LogP) is 4.15. The fraction of sp³-hybridized carbons (Fsp3) is 0.391. The van der Waals surface area contributed by atoms with Gasteiger partial charge in [-0.05, 0) is 62.6 Å². The Morgan fingerprint density at radius 2 is 1.67 bits per heavy atom. The maximum atomic E-state index is 13.2. The molecule has 0 radical (unpaired) electrons. The molecular weight excluding hydrogens is 387 g/mol. The molecule has 6 nitrogen and oxygen atoms in total. The minimum absolute atomic E-state index is 0.106. The molecule has 2 N–H and O–H groups in total. The standard InChI is InChI=1S/C23H29FN2O4/c1-23(2,3)30-22(28)25-14-13-21(27)26-20(15-16-5-9-18(24)10-6-16)17-7-11-19(29-4)12-8-17/h5-12,20H,13-15H2,1-4H3,(H,25,28)(H,26,27). The van der Waals surface area contributed by atoms with Gasteiger partial charge in [-0.15, -0.1) is 0 Å². The summed E-state index contributed by atoms with van der Waals surface area (Å²) in [5.74, 6) is 0.193. The topological polar surface area (TPSA) is 76.7 Å². The number of alkyl carbamates (subject to hydrolysis) is 1. The van der Waals surface area contributed by atoms with Crippen molar-refractivity contribution in [3.8, 4) is 5.75 Å². The molecule has 2 amide bonds. The molecule has 0 aliphatic carbocycles. The summed E-state index contributed by atoms with van der Waals surface area (Å²) in [5.41, 5.74) is 1.19. The number of nitrogens with one attached hydrogen (secondary N) is 2. The summed E-state index contributed by atoms with van der Waals surface area (Å²) >= 11 is 0. The van der Waals surface area contributed by atoms with Crippen LogP contribution in [0.5, 0.6) is 5.75 Å². The maximum absolute atomic E-state index is 13.2. The van der Waals surface area contributed by atoms with Crippen LogP contribution in [0.1, 0.15) is 44.4 Å². The zero-order valence-corrected chi connectivity index (χ0v) is 17.8. The van der Waals surface area contributed by atoms with E-state index in [1.807, 2.05) is 24.3 Å². The molecule has 1 unspecified atom stereocenters. The molecule has 0 saturated heterocycles. The largest absolute Gasteiger partial charge is 0.497 e. The Balaban J connectivity index is 2.00. The molecule has 1 atom stereocenters. The molecule has 0 heterocycles. The van der Waals surface area contributed by atoms with Crippen LogP contribution in [0.2, 0.25) is 0 Å². The van der Waals surface area contributed by atoms with Crippen LogP contribution in [-0.2, 0) is 16.0 Å². The summed E-state index contributed by atoms with van der Waals surface area (Å²) in [6.45, 7) is 5.48. The second kappa shape index (κ2) is 10.6. The van der Waals surface area contributed by atoms with Gasteiger partial charge in [0.2, 0.25) is 5.91 Å². The van der Waals surface area contributed by atoms with E-state index in [9.17, 15) is 14.0 Å². The van der Waals surface area contributed by atoms with Crippen molar-refractivity contribution in [3.63, 3.8) is 0 Å². The summed E-state index contributed by atoms with van der Waals surface area (Å²) in [4.78, 5) is 24.2. The van der Waals surface area contributed by atoms with Gasteiger partial charge in [-0.3, -0.25) is 4.79 Å². The molecule has 162 valence electrons. The molecule has 0 fully saturated rings. The number of amides is 2.